The fraction of sp³-hybridized carbons (Fsp3) is 0.0714. The van der Waals surface area contributed by atoms with E-state index in [2.05, 4.69) is 21.2 Å². The van der Waals surface area contributed by atoms with Crippen LogP contribution in [-0.4, -0.2) is 5.91 Å². The highest BCUT2D eigenvalue weighted by Crippen LogP contribution is 2.27. The van der Waals surface area contributed by atoms with Gasteiger partial charge in [-0.3, -0.25) is 4.79 Å². The van der Waals surface area contributed by atoms with E-state index in [-0.39, 0.29) is 5.91 Å². The first-order chi connectivity index (χ1) is 8.99. The van der Waals surface area contributed by atoms with E-state index in [1.54, 1.807) is 18.2 Å². The maximum absolute atomic E-state index is 12.2. The molecule has 0 aliphatic heterocycles. The second-order valence-corrected chi connectivity index (χ2v) is 5.65. The number of carbonyl (C=O) groups excluding carboxylic acids is 1. The van der Waals surface area contributed by atoms with Gasteiger partial charge in [0.25, 0.3) is 5.91 Å². The molecule has 0 saturated carbocycles. The molecule has 0 radical (unpaired) electrons. The number of hydrogen-bond donors (Lipinski definition) is 1. The average Bonchev–Trinajstić information content (AvgIpc) is 2.34. The van der Waals surface area contributed by atoms with Crippen molar-refractivity contribution in [2.24, 2.45) is 0 Å². The highest BCUT2D eigenvalue weighted by molar-refractivity contribution is 9.10. The summed E-state index contributed by atoms with van der Waals surface area (Å²) in [6, 6.07) is 10.4. The molecule has 2 aromatic rings. The molecule has 98 valence electrons. The Morgan fingerprint density at radius 3 is 2.63 bits per heavy atom. The molecule has 0 fully saturated rings. The predicted molar refractivity (Wildman–Crippen MR) is 83.3 cm³/mol. The van der Waals surface area contributed by atoms with Crippen molar-refractivity contribution in [1.29, 1.82) is 0 Å². The highest BCUT2D eigenvalue weighted by atomic mass is 79.9. The molecule has 2 rings (SSSR count). The Morgan fingerprint density at radius 1 is 1.21 bits per heavy atom. The minimum Gasteiger partial charge on any atom is -0.321 e. The predicted octanol–water partition coefficient (Wildman–Crippen LogP) is 5.32. The van der Waals surface area contributed by atoms with Crippen molar-refractivity contribution in [2.45, 2.75) is 6.92 Å². The molecule has 0 spiro atoms. The summed E-state index contributed by atoms with van der Waals surface area (Å²) in [7, 11) is 0. The van der Waals surface area contributed by atoms with Gasteiger partial charge >= 0.3 is 0 Å². The molecular formula is C14H10BrCl2NO. The van der Waals surface area contributed by atoms with Gasteiger partial charge in [-0.1, -0.05) is 35.3 Å². The van der Waals surface area contributed by atoms with E-state index in [1.165, 1.54) is 0 Å². The smallest absolute Gasteiger partial charge is 0.257 e. The third-order valence-corrected chi connectivity index (χ3v) is 4.22. The van der Waals surface area contributed by atoms with Crippen LogP contribution in [0.5, 0.6) is 0 Å². The quantitative estimate of drug-likeness (QED) is 0.773. The van der Waals surface area contributed by atoms with Crippen LogP contribution >= 0.6 is 39.1 Å². The number of amides is 1. The Hall–Kier alpha value is -1.03. The van der Waals surface area contributed by atoms with E-state index in [1.807, 2.05) is 25.1 Å². The monoisotopic (exact) mass is 357 g/mol. The standard InChI is InChI=1S/C14H10BrCl2NO/c1-8-3-2-4-12(13(8)15)18-14(19)10-6-5-9(16)7-11(10)17/h2-7H,1H3,(H,18,19). The Kier molecular flexibility index (Phi) is 4.50. The number of benzene rings is 2. The molecule has 0 saturated heterocycles. The van der Waals surface area contributed by atoms with E-state index in [4.69, 9.17) is 23.2 Å². The zero-order valence-electron chi connectivity index (χ0n) is 10.0. The zero-order valence-corrected chi connectivity index (χ0v) is 13.1. The summed E-state index contributed by atoms with van der Waals surface area (Å²) in [4.78, 5) is 12.2. The number of anilines is 1. The minimum absolute atomic E-state index is 0.270. The summed E-state index contributed by atoms with van der Waals surface area (Å²) in [6.07, 6.45) is 0. The second kappa shape index (κ2) is 5.95. The van der Waals surface area contributed by atoms with Crippen molar-refractivity contribution < 1.29 is 4.79 Å². The normalized spacial score (nSPS) is 10.3. The lowest BCUT2D eigenvalue weighted by Gasteiger charge is -2.10. The molecule has 2 nitrogen and oxygen atoms in total. The number of nitrogens with one attached hydrogen (secondary N) is 1. The average molecular weight is 359 g/mol. The van der Waals surface area contributed by atoms with Crippen molar-refractivity contribution in [1.82, 2.24) is 0 Å². The van der Waals surface area contributed by atoms with Gasteiger partial charge in [0, 0.05) is 9.50 Å². The fourth-order valence-corrected chi connectivity index (χ4v) is 2.47. The first-order valence-electron chi connectivity index (χ1n) is 5.50. The van der Waals surface area contributed by atoms with Gasteiger partial charge in [0.1, 0.15) is 0 Å². The van der Waals surface area contributed by atoms with Crippen LogP contribution in [-0.2, 0) is 0 Å². The molecule has 0 unspecified atom stereocenters. The number of carbonyl (C=O) groups is 1. The van der Waals surface area contributed by atoms with Crippen molar-refractivity contribution in [3.63, 3.8) is 0 Å². The molecule has 0 heterocycles. The summed E-state index contributed by atoms with van der Waals surface area (Å²) in [5.74, 6) is -0.270. The topological polar surface area (TPSA) is 29.1 Å². The van der Waals surface area contributed by atoms with Crippen LogP contribution in [0.15, 0.2) is 40.9 Å². The van der Waals surface area contributed by atoms with Crippen LogP contribution in [0.25, 0.3) is 0 Å². The highest BCUT2D eigenvalue weighted by Gasteiger charge is 2.12. The van der Waals surface area contributed by atoms with E-state index >= 15 is 0 Å². The SMILES string of the molecule is Cc1cccc(NC(=O)c2ccc(Cl)cc2Cl)c1Br. The summed E-state index contributed by atoms with van der Waals surface area (Å²) >= 11 is 15.3. The second-order valence-electron chi connectivity index (χ2n) is 4.01. The molecule has 19 heavy (non-hydrogen) atoms. The maximum Gasteiger partial charge on any atom is 0.257 e. The van der Waals surface area contributed by atoms with E-state index in [9.17, 15) is 4.79 Å². The Bertz CT molecular complexity index is 643. The molecular weight excluding hydrogens is 349 g/mol. The Balaban J connectivity index is 2.28. The number of halogens is 3. The van der Waals surface area contributed by atoms with Crippen molar-refractivity contribution >= 4 is 50.7 Å². The van der Waals surface area contributed by atoms with Gasteiger partial charge in [-0.15, -0.1) is 0 Å². The third kappa shape index (κ3) is 3.30. The van der Waals surface area contributed by atoms with Gasteiger partial charge in [-0.2, -0.15) is 0 Å². The van der Waals surface area contributed by atoms with E-state index in [0.29, 0.717) is 21.3 Å². The minimum atomic E-state index is -0.270. The van der Waals surface area contributed by atoms with Crippen molar-refractivity contribution in [3.05, 3.63) is 62.0 Å². The van der Waals surface area contributed by atoms with Gasteiger partial charge in [-0.05, 0) is 52.7 Å². The third-order valence-electron chi connectivity index (χ3n) is 2.62. The molecule has 0 atom stereocenters. The van der Waals surface area contributed by atoms with Gasteiger partial charge in [0.15, 0.2) is 0 Å². The first-order valence-corrected chi connectivity index (χ1v) is 7.05. The van der Waals surface area contributed by atoms with Crippen LogP contribution in [0.4, 0.5) is 5.69 Å². The van der Waals surface area contributed by atoms with Crippen molar-refractivity contribution in [3.8, 4) is 0 Å². The molecule has 2 aromatic carbocycles. The summed E-state index contributed by atoms with van der Waals surface area (Å²) < 4.78 is 0.855. The summed E-state index contributed by atoms with van der Waals surface area (Å²) in [5, 5.41) is 3.64. The summed E-state index contributed by atoms with van der Waals surface area (Å²) in [5.41, 5.74) is 2.13. The molecule has 0 bridgehead atoms. The lowest BCUT2D eigenvalue weighted by Crippen LogP contribution is -2.13. The molecule has 0 aromatic heterocycles. The largest absolute Gasteiger partial charge is 0.321 e. The number of aryl methyl sites for hydroxylation is 1. The summed E-state index contributed by atoms with van der Waals surface area (Å²) in [6.45, 7) is 1.95. The van der Waals surface area contributed by atoms with Gasteiger partial charge < -0.3 is 5.32 Å². The molecule has 5 heteroatoms. The number of hydrogen-bond acceptors (Lipinski definition) is 1. The molecule has 1 N–H and O–H groups in total. The van der Waals surface area contributed by atoms with Crippen LogP contribution in [0.2, 0.25) is 10.0 Å². The van der Waals surface area contributed by atoms with Gasteiger partial charge in [-0.25, -0.2) is 0 Å². The van der Waals surface area contributed by atoms with E-state index < -0.39 is 0 Å². The molecule has 1 amide bonds. The Labute approximate surface area is 129 Å². The fourth-order valence-electron chi connectivity index (χ4n) is 1.61. The first kappa shape index (κ1) is 14.4. The number of rotatable bonds is 2. The van der Waals surface area contributed by atoms with Crippen LogP contribution in [0.1, 0.15) is 15.9 Å². The molecule has 0 aliphatic carbocycles. The lowest BCUT2D eigenvalue weighted by molar-refractivity contribution is 0.102. The van der Waals surface area contributed by atoms with Gasteiger partial charge in [0.05, 0.1) is 16.3 Å². The Morgan fingerprint density at radius 2 is 1.95 bits per heavy atom. The maximum atomic E-state index is 12.2. The van der Waals surface area contributed by atoms with Crippen molar-refractivity contribution in [2.75, 3.05) is 5.32 Å². The lowest BCUT2D eigenvalue weighted by atomic mass is 10.2. The van der Waals surface area contributed by atoms with Crippen LogP contribution in [0.3, 0.4) is 0 Å². The van der Waals surface area contributed by atoms with E-state index in [0.717, 1.165) is 10.0 Å². The van der Waals surface area contributed by atoms with Crippen LogP contribution < -0.4 is 5.32 Å². The van der Waals surface area contributed by atoms with Crippen LogP contribution in [0, 0.1) is 6.92 Å². The van der Waals surface area contributed by atoms with Gasteiger partial charge in [0.2, 0.25) is 0 Å². The molecule has 0 aliphatic rings. The zero-order chi connectivity index (χ0) is 14.0.